The van der Waals surface area contributed by atoms with Crippen LogP contribution in [-0.4, -0.2) is 43.0 Å². The zero-order valence-corrected chi connectivity index (χ0v) is 14.7. The second-order valence-electron chi connectivity index (χ2n) is 5.56. The number of carbonyl (C=O) groups is 1. The smallest absolute Gasteiger partial charge is 0.225 e. The molecule has 2 rings (SSSR count). The number of anilines is 1. The van der Waals surface area contributed by atoms with Crippen molar-refractivity contribution in [3.8, 4) is 5.75 Å². The lowest BCUT2D eigenvalue weighted by molar-refractivity contribution is -0.116. The molecule has 0 bridgehead atoms. The molecule has 0 aliphatic carbocycles. The van der Waals surface area contributed by atoms with E-state index in [1.165, 1.54) is 5.56 Å². The summed E-state index contributed by atoms with van der Waals surface area (Å²) in [5.74, 6) is 0.553. The largest absolute Gasteiger partial charge is 0.495 e. The predicted molar refractivity (Wildman–Crippen MR) is 96.7 cm³/mol. The van der Waals surface area contributed by atoms with Crippen molar-refractivity contribution in [1.82, 2.24) is 9.88 Å². The Morgan fingerprint density at radius 2 is 2.00 bits per heavy atom. The molecule has 0 atom stereocenters. The van der Waals surface area contributed by atoms with Crippen LogP contribution < -0.4 is 10.1 Å². The van der Waals surface area contributed by atoms with Gasteiger partial charge in [0.15, 0.2) is 0 Å². The Morgan fingerprint density at radius 3 is 2.67 bits per heavy atom. The number of rotatable bonds is 8. The molecule has 1 amide bonds. The summed E-state index contributed by atoms with van der Waals surface area (Å²) in [5, 5.41) is 3.33. The first-order chi connectivity index (χ1) is 11.6. The lowest BCUT2D eigenvalue weighted by Crippen LogP contribution is -2.26. The minimum atomic E-state index is -0.0352. The molecule has 128 valence electrons. The van der Waals surface area contributed by atoms with E-state index in [2.05, 4.69) is 15.2 Å². The van der Waals surface area contributed by atoms with Gasteiger partial charge in [-0.1, -0.05) is 11.6 Å². The van der Waals surface area contributed by atoms with Crippen LogP contribution in [0.2, 0.25) is 5.02 Å². The van der Waals surface area contributed by atoms with Crippen molar-refractivity contribution in [3.05, 3.63) is 53.3 Å². The Morgan fingerprint density at radius 1 is 1.25 bits per heavy atom. The summed E-state index contributed by atoms with van der Waals surface area (Å²) in [5.41, 5.74) is 1.92. The van der Waals surface area contributed by atoms with Crippen LogP contribution in [-0.2, 0) is 11.2 Å². The number of amides is 1. The number of likely N-dealkylation sites (N-methyl/N-ethyl adjacent to an activating group) is 1. The summed E-state index contributed by atoms with van der Waals surface area (Å²) in [4.78, 5) is 18.2. The number of pyridine rings is 1. The summed E-state index contributed by atoms with van der Waals surface area (Å²) in [6.07, 6.45) is 4.96. The maximum Gasteiger partial charge on any atom is 0.225 e. The Bertz CT molecular complexity index is 665. The van der Waals surface area contributed by atoms with Gasteiger partial charge in [-0.15, -0.1) is 0 Å². The number of benzene rings is 1. The minimum Gasteiger partial charge on any atom is -0.495 e. The normalized spacial score (nSPS) is 10.7. The Labute approximate surface area is 147 Å². The third-order valence-electron chi connectivity index (χ3n) is 3.69. The van der Waals surface area contributed by atoms with Gasteiger partial charge in [-0.2, -0.15) is 0 Å². The first-order valence-electron chi connectivity index (χ1n) is 7.79. The van der Waals surface area contributed by atoms with E-state index in [0.717, 1.165) is 13.0 Å². The van der Waals surface area contributed by atoms with Crippen molar-refractivity contribution in [1.29, 1.82) is 0 Å². The topological polar surface area (TPSA) is 54.5 Å². The molecule has 6 heteroatoms. The van der Waals surface area contributed by atoms with Crippen LogP contribution in [0.3, 0.4) is 0 Å². The van der Waals surface area contributed by atoms with Crippen LogP contribution >= 0.6 is 11.6 Å². The molecule has 0 radical (unpaired) electrons. The fourth-order valence-corrected chi connectivity index (χ4v) is 2.50. The molecule has 0 fully saturated rings. The van der Waals surface area contributed by atoms with Crippen LogP contribution in [0.15, 0.2) is 42.7 Å². The van der Waals surface area contributed by atoms with E-state index >= 15 is 0 Å². The SMILES string of the molecule is COc1ccc(NC(=O)CCN(C)CCc2ccncc2)cc1Cl. The van der Waals surface area contributed by atoms with Gasteiger partial charge in [0.1, 0.15) is 5.75 Å². The van der Waals surface area contributed by atoms with Gasteiger partial charge in [-0.05, 0) is 49.4 Å². The van der Waals surface area contributed by atoms with Crippen LogP contribution in [0, 0.1) is 0 Å². The average molecular weight is 348 g/mol. The van der Waals surface area contributed by atoms with Crippen molar-refractivity contribution >= 4 is 23.2 Å². The highest BCUT2D eigenvalue weighted by molar-refractivity contribution is 6.32. The Balaban J connectivity index is 1.73. The third kappa shape index (κ3) is 5.83. The van der Waals surface area contributed by atoms with E-state index in [1.807, 2.05) is 19.2 Å². The van der Waals surface area contributed by atoms with Gasteiger partial charge in [0.2, 0.25) is 5.91 Å². The van der Waals surface area contributed by atoms with Crippen LogP contribution in [0.25, 0.3) is 0 Å². The number of nitrogens with one attached hydrogen (secondary N) is 1. The molecule has 0 aliphatic rings. The lowest BCUT2D eigenvalue weighted by atomic mass is 10.2. The standard InChI is InChI=1S/C18H22ClN3O2/c1-22(11-7-14-5-9-20-10-6-14)12-8-18(23)21-15-3-4-17(24-2)16(19)13-15/h3-6,9-10,13H,7-8,11-12H2,1-2H3,(H,21,23). The molecule has 0 saturated carbocycles. The highest BCUT2D eigenvalue weighted by Gasteiger charge is 2.07. The number of halogens is 1. The van der Waals surface area contributed by atoms with Crippen molar-refractivity contribution in [2.24, 2.45) is 0 Å². The Kier molecular flexibility index (Phi) is 7.03. The summed E-state index contributed by atoms with van der Waals surface area (Å²) in [6.45, 7) is 1.59. The van der Waals surface area contributed by atoms with Crippen LogP contribution in [0.5, 0.6) is 5.75 Å². The lowest BCUT2D eigenvalue weighted by Gasteiger charge is -2.16. The second-order valence-corrected chi connectivity index (χ2v) is 5.96. The molecule has 1 aromatic carbocycles. The molecule has 0 saturated heterocycles. The van der Waals surface area contributed by atoms with E-state index in [9.17, 15) is 4.79 Å². The van der Waals surface area contributed by atoms with Gasteiger partial charge in [-0.25, -0.2) is 0 Å². The zero-order valence-electron chi connectivity index (χ0n) is 14.0. The van der Waals surface area contributed by atoms with Gasteiger partial charge < -0.3 is 15.0 Å². The molecule has 1 N–H and O–H groups in total. The monoisotopic (exact) mass is 347 g/mol. The van der Waals surface area contributed by atoms with Crippen LogP contribution in [0.4, 0.5) is 5.69 Å². The van der Waals surface area contributed by atoms with Crippen molar-refractivity contribution < 1.29 is 9.53 Å². The van der Waals surface area contributed by atoms with E-state index in [4.69, 9.17) is 16.3 Å². The third-order valence-corrected chi connectivity index (χ3v) is 3.98. The number of aromatic nitrogens is 1. The quantitative estimate of drug-likeness (QED) is 0.796. The summed E-state index contributed by atoms with van der Waals surface area (Å²) < 4.78 is 5.09. The van der Waals surface area contributed by atoms with Gasteiger partial charge in [0, 0.05) is 37.6 Å². The molecule has 5 nitrogen and oxygen atoms in total. The maximum absolute atomic E-state index is 12.0. The van der Waals surface area contributed by atoms with Gasteiger partial charge in [-0.3, -0.25) is 9.78 Å². The van der Waals surface area contributed by atoms with Gasteiger partial charge in [0.05, 0.1) is 12.1 Å². The molecule has 0 spiro atoms. The fraction of sp³-hybridized carbons (Fsp3) is 0.333. The van der Waals surface area contributed by atoms with Crippen LogP contribution in [0.1, 0.15) is 12.0 Å². The number of nitrogens with zero attached hydrogens (tertiary/aromatic N) is 2. The maximum atomic E-state index is 12.0. The molecule has 0 unspecified atom stereocenters. The van der Waals surface area contributed by atoms with Gasteiger partial charge >= 0.3 is 0 Å². The Hall–Kier alpha value is -2.11. The highest BCUT2D eigenvalue weighted by Crippen LogP contribution is 2.27. The molecular weight excluding hydrogens is 326 g/mol. The average Bonchev–Trinajstić information content (AvgIpc) is 2.59. The highest BCUT2D eigenvalue weighted by atomic mass is 35.5. The molecule has 24 heavy (non-hydrogen) atoms. The zero-order chi connectivity index (χ0) is 17.4. The molecule has 2 aromatic rings. The molecule has 1 heterocycles. The first-order valence-corrected chi connectivity index (χ1v) is 8.17. The second kappa shape index (κ2) is 9.25. The number of hydrogen-bond acceptors (Lipinski definition) is 4. The van der Waals surface area contributed by atoms with E-state index in [-0.39, 0.29) is 5.91 Å². The van der Waals surface area contributed by atoms with E-state index in [0.29, 0.717) is 29.4 Å². The van der Waals surface area contributed by atoms with E-state index in [1.54, 1.807) is 37.7 Å². The minimum absolute atomic E-state index is 0.0352. The summed E-state index contributed by atoms with van der Waals surface area (Å²) in [6, 6.07) is 9.21. The summed E-state index contributed by atoms with van der Waals surface area (Å²) in [7, 11) is 3.57. The number of hydrogen-bond donors (Lipinski definition) is 1. The molecule has 0 aliphatic heterocycles. The van der Waals surface area contributed by atoms with Crippen molar-refractivity contribution in [2.75, 3.05) is 32.6 Å². The van der Waals surface area contributed by atoms with Gasteiger partial charge in [0.25, 0.3) is 0 Å². The summed E-state index contributed by atoms with van der Waals surface area (Å²) >= 11 is 6.05. The molecular formula is C18H22ClN3O2. The first kappa shape index (κ1) is 18.2. The number of ether oxygens (including phenoxy) is 1. The van der Waals surface area contributed by atoms with E-state index < -0.39 is 0 Å². The predicted octanol–water partition coefficient (Wildman–Crippen LogP) is 3.25. The number of methoxy groups -OCH3 is 1. The van der Waals surface area contributed by atoms with Crippen molar-refractivity contribution in [3.63, 3.8) is 0 Å². The molecule has 1 aromatic heterocycles. The number of carbonyl (C=O) groups excluding carboxylic acids is 1. The van der Waals surface area contributed by atoms with Crippen molar-refractivity contribution in [2.45, 2.75) is 12.8 Å². The fourth-order valence-electron chi connectivity index (χ4n) is 2.24.